The van der Waals surface area contributed by atoms with Crippen LogP contribution in [0.15, 0.2) is 29.3 Å². The second kappa shape index (κ2) is 7.19. The van der Waals surface area contributed by atoms with Gasteiger partial charge in [-0.15, -0.1) is 0 Å². The third-order valence-corrected chi connectivity index (χ3v) is 5.17. The number of carbonyl (C=O) groups is 3. The number of carbonyl (C=O) groups excluding carboxylic acids is 3. The molecule has 152 valence electrons. The monoisotopic (exact) mass is 400 g/mol. The molecule has 0 aliphatic carbocycles. The van der Waals surface area contributed by atoms with Crippen LogP contribution in [0.5, 0.6) is 5.75 Å². The molecule has 0 bridgehead atoms. The van der Waals surface area contributed by atoms with Crippen LogP contribution in [-0.2, 0) is 14.3 Å². The van der Waals surface area contributed by atoms with Crippen LogP contribution in [0.25, 0.3) is 0 Å². The summed E-state index contributed by atoms with van der Waals surface area (Å²) >= 11 is 0. The summed E-state index contributed by atoms with van der Waals surface area (Å²) in [6.07, 6.45) is 0. The fraction of sp³-hybridized carbons (Fsp3) is 0.421. The van der Waals surface area contributed by atoms with Crippen molar-refractivity contribution in [3.8, 4) is 5.75 Å². The van der Waals surface area contributed by atoms with Gasteiger partial charge in [0, 0.05) is 7.05 Å². The molecule has 1 aromatic rings. The second-order valence-corrected chi connectivity index (χ2v) is 6.79. The van der Waals surface area contributed by atoms with Gasteiger partial charge in [0.15, 0.2) is 0 Å². The Labute approximate surface area is 167 Å². The predicted molar refractivity (Wildman–Crippen MR) is 103 cm³/mol. The first-order valence-corrected chi connectivity index (χ1v) is 9.34. The van der Waals surface area contributed by atoms with Crippen LogP contribution < -0.4 is 9.64 Å². The van der Waals surface area contributed by atoms with Crippen molar-refractivity contribution in [1.29, 1.82) is 0 Å². The minimum atomic E-state index is -0.731. The topological polar surface area (TPSA) is 94.8 Å². The normalized spacial score (nSPS) is 20.7. The summed E-state index contributed by atoms with van der Waals surface area (Å²) in [7, 11) is 2.77. The molecule has 10 nitrogen and oxygen atoms in total. The minimum absolute atomic E-state index is 0.367. The number of hydrogen-bond donors (Lipinski definition) is 0. The molecule has 10 heteroatoms. The van der Waals surface area contributed by atoms with Gasteiger partial charge in [0.05, 0.1) is 20.3 Å². The number of aliphatic imine (C=N–C) groups is 1. The Balaban J connectivity index is 1.64. The molecule has 1 fully saturated rings. The van der Waals surface area contributed by atoms with Gasteiger partial charge in [0.2, 0.25) is 11.9 Å². The van der Waals surface area contributed by atoms with Crippen LogP contribution in [0, 0.1) is 0 Å². The van der Waals surface area contributed by atoms with Gasteiger partial charge in [-0.1, -0.05) is 4.99 Å². The molecule has 0 radical (unpaired) electrons. The van der Waals surface area contributed by atoms with E-state index >= 15 is 0 Å². The lowest BCUT2D eigenvalue weighted by Gasteiger charge is -2.33. The summed E-state index contributed by atoms with van der Waals surface area (Å²) < 4.78 is 12.0. The summed E-state index contributed by atoms with van der Waals surface area (Å²) in [6, 6.07) is 6.31. The van der Waals surface area contributed by atoms with Gasteiger partial charge in [-0.25, -0.2) is 19.2 Å². The number of amides is 3. The first-order chi connectivity index (χ1) is 14.0. The summed E-state index contributed by atoms with van der Waals surface area (Å²) in [6.45, 7) is 3.32. The molecular formula is C19H22N5O5+. The van der Waals surface area contributed by atoms with Crippen molar-refractivity contribution in [2.24, 2.45) is 4.99 Å². The molecule has 3 amide bonds. The maximum atomic E-state index is 13.0. The third-order valence-electron chi connectivity index (χ3n) is 5.17. The van der Waals surface area contributed by atoms with E-state index < -0.39 is 30.5 Å². The highest BCUT2D eigenvalue weighted by molar-refractivity contribution is 6.24. The maximum Gasteiger partial charge on any atom is 0.397 e. The van der Waals surface area contributed by atoms with E-state index in [0.717, 1.165) is 16.3 Å². The summed E-state index contributed by atoms with van der Waals surface area (Å²) in [5.41, 5.74) is 0.918. The number of nitrogens with zero attached hydrogens (tertiary/aromatic N) is 5. The van der Waals surface area contributed by atoms with Crippen molar-refractivity contribution in [2.45, 2.75) is 13.0 Å². The van der Waals surface area contributed by atoms with E-state index in [9.17, 15) is 14.4 Å². The Hall–Kier alpha value is -3.43. The predicted octanol–water partition coefficient (Wildman–Crippen LogP) is 0.122. The van der Waals surface area contributed by atoms with E-state index in [4.69, 9.17) is 4.74 Å². The van der Waals surface area contributed by atoms with Crippen molar-refractivity contribution < 1.29 is 28.4 Å². The zero-order valence-corrected chi connectivity index (χ0v) is 16.5. The average molecular weight is 400 g/mol. The summed E-state index contributed by atoms with van der Waals surface area (Å²) in [4.78, 5) is 46.1. The highest BCUT2D eigenvalue weighted by Gasteiger charge is 2.55. The average Bonchev–Trinajstić information content (AvgIpc) is 3.29. The second-order valence-electron chi connectivity index (χ2n) is 6.79. The van der Waals surface area contributed by atoms with Gasteiger partial charge < -0.3 is 9.47 Å². The number of esters is 1. The van der Waals surface area contributed by atoms with Gasteiger partial charge in [-0.3, -0.25) is 14.5 Å². The number of amidine groups is 1. The van der Waals surface area contributed by atoms with Crippen LogP contribution >= 0.6 is 0 Å². The molecule has 0 N–H and O–H groups in total. The maximum absolute atomic E-state index is 13.0. The first kappa shape index (κ1) is 18.9. The van der Waals surface area contributed by atoms with Crippen LogP contribution in [0.4, 0.5) is 10.5 Å². The molecule has 1 unspecified atom stereocenters. The summed E-state index contributed by atoms with van der Waals surface area (Å²) in [5, 5.41) is 0. The van der Waals surface area contributed by atoms with E-state index in [1.807, 2.05) is 40.7 Å². The number of methoxy groups -OCH3 is 1. The Morgan fingerprint density at radius 2 is 2.00 bits per heavy atom. The van der Waals surface area contributed by atoms with Gasteiger partial charge in [0.25, 0.3) is 5.91 Å². The van der Waals surface area contributed by atoms with Crippen molar-refractivity contribution in [2.75, 3.05) is 45.3 Å². The van der Waals surface area contributed by atoms with Crippen LogP contribution in [0.1, 0.15) is 6.92 Å². The SMILES string of the molecule is CCOc1ccc(N2CC[N+]3=C2N=C2C3C(=O)N(CC(=O)OC)C(=O)N2C)cc1. The van der Waals surface area contributed by atoms with Gasteiger partial charge >= 0.3 is 18.0 Å². The minimum Gasteiger partial charge on any atom is -0.494 e. The highest BCUT2D eigenvalue weighted by atomic mass is 16.5. The number of hydrogen-bond acceptors (Lipinski definition) is 7. The molecule has 0 spiro atoms. The van der Waals surface area contributed by atoms with E-state index in [2.05, 4.69) is 9.73 Å². The fourth-order valence-corrected chi connectivity index (χ4v) is 3.73. The van der Waals surface area contributed by atoms with E-state index in [1.165, 1.54) is 12.0 Å². The van der Waals surface area contributed by atoms with Gasteiger partial charge in [-0.05, 0) is 31.2 Å². The zero-order chi connectivity index (χ0) is 20.7. The first-order valence-electron chi connectivity index (χ1n) is 9.34. The molecule has 29 heavy (non-hydrogen) atoms. The van der Waals surface area contributed by atoms with Crippen molar-refractivity contribution >= 4 is 35.4 Å². The van der Waals surface area contributed by atoms with E-state index in [-0.39, 0.29) is 0 Å². The van der Waals surface area contributed by atoms with Gasteiger partial charge in [0.1, 0.15) is 24.5 Å². The molecule has 3 aliphatic heterocycles. The number of ether oxygens (including phenoxy) is 2. The van der Waals surface area contributed by atoms with E-state index in [1.54, 1.807) is 7.05 Å². The molecule has 0 aromatic heterocycles. The van der Waals surface area contributed by atoms with E-state index in [0.29, 0.717) is 31.5 Å². The number of urea groups is 1. The standard InChI is InChI=1S/C19H22N5O5/c1-4-29-13-7-5-12(6-8-13)22-9-10-23-15-16(20-18(22)23)21(2)19(27)24(17(15)26)11-14(25)28-3/h5-8,15H,4,9-11H2,1-3H3/q+1. The quantitative estimate of drug-likeness (QED) is 0.515. The number of anilines is 1. The fourth-order valence-electron chi connectivity index (χ4n) is 3.73. The lowest BCUT2D eigenvalue weighted by molar-refractivity contribution is -0.525. The van der Waals surface area contributed by atoms with Crippen molar-refractivity contribution in [3.05, 3.63) is 24.3 Å². The number of rotatable bonds is 5. The largest absolute Gasteiger partial charge is 0.494 e. The molecular weight excluding hydrogens is 378 g/mol. The molecule has 1 atom stereocenters. The Morgan fingerprint density at radius 3 is 2.66 bits per heavy atom. The van der Waals surface area contributed by atoms with Crippen molar-refractivity contribution in [3.63, 3.8) is 0 Å². The van der Waals surface area contributed by atoms with Crippen LogP contribution in [0.2, 0.25) is 0 Å². The Kier molecular flexibility index (Phi) is 4.69. The molecule has 4 rings (SSSR count). The number of imide groups is 1. The lowest BCUT2D eigenvalue weighted by Crippen LogP contribution is -2.63. The van der Waals surface area contributed by atoms with Crippen molar-refractivity contribution in [1.82, 2.24) is 9.80 Å². The van der Waals surface area contributed by atoms with Crippen LogP contribution in [0.3, 0.4) is 0 Å². The number of likely N-dealkylation sites (N-methyl/N-ethyl adjacent to an activating group) is 1. The molecule has 0 saturated carbocycles. The Bertz CT molecular complexity index is 939. The molecule has 3 heterocycles. The van der Waals surface area contributed by atoms with Crippen LogP contribution in [-0.4, -0.2) is 90.5 Å². The zero-order valence-electron chi connectivity index (χ0n) is 16.5. The summed E-state index contributed by atoms with van der Waals surface area (Å²) in [5.74, 6) is 0.636. The molecule has 1 saturated heterocycles. The Morgan fingerprint density at radius 1 is 1.28 bits per heavy atom. The molecule has 1 aromatic carbocycles. The lowest BCUT2D eigenvalue weighted by atomic mass is 10.1. The smallest absolute Gasteiger partial charge is 0.397 e. The number of benzene rings is 1. The number of fused-ring (bicyclic) bond motifs is 2. The highest BCUT2D eigenvalue weighted by Crippen LogP contribution is 2.28. The molecule has 3 aliphatic rings. The number of guanidine groups is 1. The van der Waals surface area contributed by atoms with Gasteiger partial charge in [-0.2, -0.15) is 0 Å². The third kappa shape index (κ3) is 3.00.